The van der Waals surface area contributed by atoms with Crippen molar-refractivity contribution >= 4 is 33.9 Å². The Morgan fingerprint density at radius 3 is 1.96 bits per heavy atom. The molecule has 2 heteroatoms. The minimum Gasteiger partial charge on any atom is -0.337 e. The SMILES string of the molecule is C=CCC1C(=C)C(N(c2ccc(C)cc2)c2ccc(C)cc2)=c2ccccc2=C1/C=C/C(=C\C(=C)C1=C(C=C)/C(C=C)=C\C=C\CC\C=C\1)C1=C2C=CC=CC2C(N(C2=CC=C(C)CC2)c2ccc(C)cc2)c2ccccc21. The number of rotatable bonds is 15. The molecule has 0 heterocycles. The zero-order valence-electron chi connectivity index (χ0n) is 46.1. The average Bonchev–Trinajstić information content (AvgIpc) is 3.64. The number of hydrogen-bond acceptors (Lipinski definition) is 2. The lowest BCUT2D eigenvalue weighted by molar-refractivity contribution is 0.547. The first-order valence-electron chi connectivity index (χ1n) is 27.7. The van der Waals surface area contributed by atoms with Crippen molar-refractivity contribution in [1.29, 1.82) is 0 Å². The summed E-state index contributed by atoms with van der Waals surface area (Å²) in [4.78, 5) is 5.04. The van der Waals surface area contributed by atoms with Gasteiger partial charge in [0, 0.05) is 39.8 Å². The summed E-state index contributed by atoms with van der Waals surface area (Å²) in [5.74, 6) is -0.0626. The maximum Gasteiger partial charge on any atom is 0.0697 e. The van der Waals surface area contributed by atoms with Crippen molar-refractivity contribution in [2.24, 2.45) is 11.8 Å². The number of hydrogen-bond donors (Lipinski definition) is 0. The van der Waals surface area contributed by atoms with Gasteiger partial charge in [0.1, 0.15) is 0 Å². The number of fused-ring (bicyclic) bond motifs is 3. The summed E-state index contributed by atoms with van der Waals surface area (Å²) in [6, 6.07) is 44.8. The van der Waals surface area contributed by atoms with Crippen molar-refractivity contribution in [3.8, 4) is 0 Å². The third-order valence-corrected chi connectivity index (χ3v) is 15.9. The van der Waals surface area contributed by atoms with E-state index in [-0.39, 0.29) is 17.9 Å². The molecule has 0 radical (unpaired) electrons. The fourth-order valence-electron chi connectivity index (χ4n) is 11.9. The van der Waals surface area contributed by atoms with Crippen LogP contribution in [0.5, 0.6) is 0 Å². The van der Waals surface area contributed by atoms with E-state index in [0.717, 1.165) is 81.4 Å². The van der Waals surface area contributed by atoms with Gasteiger partial charge in [0.25, 0.3) is 0 Å². The maximum absolute atomic E-state index is 5.03. The van der Waals surface area contributed by atoms with Gasteiger partial charge in [-0.25, -0.2) is 0 Å². The predicted molar refractivity (Wildman–Crippen MR) is 336 cm³/mol. The van der Waals surface area contributed by atoms with Crippen molar-refractivity contribution in [3.63, 3.8) is 0 Å². The second-order valence-electron chi connectivity index (χ2n) is 21.2. The van der Waals surface area contributed by atoms with Crippen molar-refractivity contribution in [1.82, 2.24) is 0 Å². The second-order valence-corrected chi connectivity index (χ2v) is 21.2. The van der Waals surface area contributed by atoms with Crippen LogP contribution in [0.3, 0.4) is 0 Å². The number of anilines is 3. The van der Waals surface area contributed by atoms with Crippen molar-refractivity contribution in [3.05, 3.63) is 346 Å². The molecule has 0 saturated heterocycles. The van der Waals surface area contributed by atoms with E-state index in [1.54, 1.807) is 0 Å². The maximum atomic E-state index is 5.03. The van der Waals surface area contributed by atoms with E-state index in [4.69, 9.17) is 13.2 Å². The molecule has 0 aliphatic heterocycles. The lowest BCUT2D eigenvalue weighted by atomic mass is 9.70. The first-order valence-corrected chi connectivity index (χ1v) is 27.7. The quantitative estimate of drug-likeness (QED) is 0.0762. The molecule has 3 atom stereocenters. The van der Waals surface area contributed by atoms with E-state index in [9.17, 15) is 0 Å². The summed E-state index contributed by atoms with van der Waals surface area (Å²) < 4.78 is 0. The van der Waals surface area contributed by atoms with Gasteiger partial charge in [-0.3, -0.25) is 0 Å². The molecule has 5 aromatic rings. The van der Waals surface area contributed by atoms with Crippen molar-refractivity contribution in [2.45, 2.75) is 65.8 Å². The number of aryl methyl sites for hydroxylation is 3. The molecule has 0 fully saturated rings. The number of allylic oxidation sites excluding steroid dienone is 24. The molecular weight excluding hydrogens is 941 g/mol. The average molecular weight is 1010 g/mol. The zero-order valence-corrected chi connectivity index (χ0v) is 46.1. The second kappa shape index (κ2) is 23.7. The van der Waals surface area contributed by atoms with E-state index in [1.807, 2.05) is 12.2 Å². The molecular formula is C76H72N2. The highest BCUT2D eigenvalue weighted by atomic mass is 15.2. The van der Waals surface area contributed by atoms with Crippen molar-refractivity contribution < 1.29 is 0 Å². The van der Waals surface area contributed by atoms with Crippen LogP contribution in [0, 0.1) is 32.6 Å². The zero-order chi connectivity index (χ0) is 54.3. The summed E-state index contributed by atoms with van der Waals surface area (Å²) in [6.07, 6.45) is 42.4. The minimum atomic E-state index is -0.0772. The molecule has 0 bridgehead atoms. The van der Waals surface area contributed by atoms with E-state index in [1.165, 1.54) is 66.7 Å². The predicted octanol–water partition coefficient (Wildman–Crippen LogP) is 18.4. The van der Waals surface area contributed by atoms with Gasteiger partial charge in [0.15, 0.2) is 0 Å². The molecule has 386 valence electrons. The van der Waals surface area contributed by atoms with E-state index in [0.29, 0.717) is 6.42 Å². The minimum absolute atomic E-state index is 0.0146. The third-order valence-electron chi connectivity index (χ3n) is 15.9. The monoisotopic (exact) mass is 1010 g/mol. The van der Waals surface area contributed by atoms with Crippen LogP contribution >= 0.6 is 0 Å². The molecule has 5 aliphatic rings. The molecule has 2 nitrogen and oxygen atoms in total. The molecule has 78 heavy (non-hydrogen) atoms. The fraction of sp³-hybridized carbons (Fsp3) is 0.158. The molecule has 0 aromatic heterocycles. The van der Waals surface area contributed by atoms with E-state index < -0.39 is 0 Å². The Hall–Kier alpha value is -8.72. The highest BCUT2D eigenvalue weighted by Gasteiger charge is 2.40. The van der Waals surface area contributed by atoms with Crippen LogP contribution in [0.1, 0.15) is 72.9 Å². The van der Waals surface area contributed by atoms with E-state index >= 15 is 0 Å². The molecule has 0 spiro atoms. The molecule has 3 unspecified atom stereocenters. The van der Waals surface area contributed by atoms with Gasteiger partial charge in [0.2, 0.25) is 0 Å². The van der Waals surface area contributed by atoms with Gasteiger partial charge < -0.3 is 9.80 Å². The van der Waals surface area contributed by atoms with Gasteiger partial charge >= 0.3 is 0 Å². The fourth-order valence-corrected chi connectivity index (χ4v) is 11.9. The van der Waals surface area contributed by atoms with Crippen molar-refractivity contribution in [2.75, 3.05) is 9.80 Å². The summed E-state index contributed by atoms with van der Waals surface area (Å²) in [5.41, 5.74) is 23.0. The lowest BCUT2D eigenvalue weighted by Gasteiger charge is -2.45. The smallest absolute Gasteiger partial charge is 0.0697 e. The van der Waals surface area contributed by atoms with Gasteiger partial charge in [-0.1, -0.05) is 225 Å². The van der Waals surface area contributed by atoms with Crippen LogP contribution in [0.2, 0.25) is 0 Å². The Morgan fingerprint density at radius 2 is 1.31 bits per heavy atom. The summed E-state index contributed by atoms with van der Waals surface area (Å²) in [7, 11) is 0. The summed E-state index contributed by atoms with van der Waals surface area (Å²) in [5, 5.41) is 2.31. The van der Waals surface area contributed by atoms with Crippen LogP contribution in [-0.2, 0) is 0 Å². The molecule has 0 amide bonds. The van der Waals surface area contributed by atoms with Gasteiger partial charge in [-0.2, -0.15) is 0 Å². The largest absolute Gasteiger partial charge is 0.337 e. The molecule has 0 N–H and O–H groups in total. The van der Waals surface area contributed by atoms with Gasteiger partial charge in [-0.15, -0.1) is 6.58 Å². The van der Waals surface area contributed by atoms with Crippen LogP contribution < -0.4 is 20.2 Å². The molecule has 10 rings (SSSR count). The molecule has 0 saturated carbocycles. The first-order chi connectivity index (χ1) is 38.1. The highest BCUT2D eigenvalue weighted by molar-refractivity contribution is 5.94. The van der Waals surface area contributed by atoms with Gasteiger partial charge in [0.05, 0.1) is 11.7 Å². The standard InChI is InChI=1S/C76H72N2/c1-10-24-66-57(9)75(77(60-42-33-52(4)34-43-60)61-44-35-53(5)36-45-61)71-30-21-18-27-67(71)68(66)50-41-59(51-56(8)65-26-17-15-13-14-16-25-58(11-2)64(65)12-3)74-69-28-19-22-31-72(69)76(73-32-23-20-29-70(73)74)78(62-46-37-54(6)38-47-62)63-48-39-55(7)40-49-63/h10-12,14,16-23,25-39,41-48,50-51,66,72,76H,1-3,8-9,13,15,24,40,49H2,4-7H3/b16-14+,26-17+,50-41+,58-25-,59-51+,65-64+. The van der Waals surface area contributed by atoms with Crippen LogP contribution in [0.4, 0.5) is 17.1 Å². The van der Waals surface area contributed by atoms with Crippen LogP contribution in [-0.4, -0.2) is 0 Å². The lowest BCUT2D eigenvalue weighted by Crippen LogP contribution is -2.40. The highest BCUT2D eigenvalue weighted by Crippen LogP contribution is 2.52. The third kappa shape index (κ3) is 10.7. The first kappa shape index (κ1) is 52.7. The summed E-state index contributed by atoms with van der Waals surface area (Å²) in [6.45, 7) is 31.7. The van der Waals surface area contributed by atoms with Gasteiger partial charge in [-0.05, 0) is 175 Å². The normalized spacial score (nSPS) is 21.5. The summed E-state index contributed by atoms with van der Waals surface area (Å²) >= 11 is 0. The Balaban J connectivity index is 1.25. The van der Waals surface area contributed by atoms with Crippen LogP contribution in [0.15, 0.2) is 308 Å². The Labute approximate surface area is 465 Å². The Bertz CT molecular complexity index is 3660. The molecule has 5 aromatic carbocycles. The van der Waals surface area contributed by atoms with Crippen LogP contribution in [0.25, 0.3) is 16.8 Å². The Kier molecular flexibility index (Phi) is 16.0. The number of nitrogens with zero attached hydrogens (tertiary/aromatic N) is 2. The molecule has 5 aliphatic carbocycles. The Morgan fingerprint density at radius 1 is 0.654 bits per heavy atom. The van der Waals surface area contributed by atoms with E-state index in [2.05, 4.69) is 270 Å². The number of benzene rings is 5. The topological polar surface area (TPSA) is 6.48 Å².